The summed E-state index contributed by atoms with van der Waals surface area (Å²) in [5.41, 5.74) is 0. The van der Waals surface area contributed by atoms with Gasteiger partial charge in [0.2, 0.25) is 17.2 Å². The first-order valence-corrected chi connectivity index (χ1v) is 5.65. The van der Waals surface area contributed by atoms with Crippen molar-refractivity contribution in [2.45, 2.75) is 31.9 Å². The number of hydrogen-bond acceptors (Lipinski definition) is 6. The maximum absolute atomic E-state index is 9.16. The molecule has 16 heavy (non-hydrogen) atoms. The molecule has 1 saturated carbocycles. The molecule has 0 unspecified atom stereocenters. The van der Waals surface area contributed by atoms with E-state index in [9.17, 15) is 0 Å². The molecule has 0 atom stereocenters. The molecule has 0 radical (unpaired) electrons. The molecule has 0 amide bonds. The van der Waals surface area contributed by atoms with E-state index in [-0.39, 0.29) is 17.4 Å². The minimum atomic E-state index is -0.206. The Hall–Kier alpha value is -1.14. The Bertz CT molecular complexity index is 369. The summed E-state index contributed by atoms with van der Waals surface area (Å²) < 4.78 is 0. The van der Waals surface area contributed by atoms with Crippen LogP contribution in [0.15, 0.2) is 0 Å². The highest BCUT2D eigenvalue weighted by Crippen LogP contribution is 2.23. The molecule has 3 N–H and O–H groups in total. The quantitative estimate of drug-likeness (QED) is 0.729. The van der Waals surface area contributed by atoms with Gasteiger partial charge in [0.05, 0.1) is 6.10 Å². The van der Waals surface area contributed by atoms with E-state index in [0.717, 1.165) is 19.4 Å². The van der Waals surface area contributed by atoms with Crippen LogP contribution >= 0.6 is 11.6 Å². The van der Waals surface area contributed by atoms with E-state index < -0.39 is 0 Å². The van der Waals surface area contributed by atoms with Crippen molar-refractivity contribution < 1.29 is 5.11 Å². The fraction of sp³-hybridized carbons (Fsp3) is 0.667. The van der Waals surface area contributed by atoms with Crippen LogP contribution in [0.5, 0.6) is 0 Å². The molecule has 88 valence electrons. The fourth-order valence-corrected chi connectivity index (χ4v) is 1.70. The molecule has 1 aliphatic rings. The largest absolute Gasteiger partial charge is 0.393 e. The number of aliphatic hydroxyl groups excluding tert-OH is 1. The van der Waals surface area contributed by atoms with E-state index in [1.54, 1.807) is 0 Å². The SMILES string of the molecule is CCNc1nc(Cl)nc(NC2CC(O)C2)n1. The Kier molecular flexibility index (Phi) is 3.40. The van der Waals surface area contributed by atoms with Crippen molar-refractivity contribution in [1.29, 1.82) is 0 Å². The molecule has 0 aliphatic heterocycles. The summed E-state index contributed by atoms with van der Waals surface area (Å²) in [7, 11) is 0. The van der Waals surface area contributed by atoms with Gasteiger partial charge in [-0.2, -0.15) is 15.0 Å². The lowest BCUT2D eigenvalue weighted by Crippen LogP contribution is -2.39. The summed E-state index contributed by atoms with van der Waals surface area (Å²) in [4.78, 5) is 12.1. The van der Waals surface area contributed by atoms with Crippen LogP contribution in [0.25, 0.3) is 0 Å². The third-order valence-electron chi connectivity index (χ3n) is 2.39. The van der Waals surface area contributed by atoms with Gasteiger partial charge in [0.1, 0.15) is 0 Å². The molecule has 0 bridgehead atoms. The fourth-order valence-electron chi connectivity index (χ4n) is 1.54. The Morgan fingerprint density at radius 3 is 2.62 bits per heavy atom. The summed E-state index contributed by atoms with van der Waals surface area (Å²) in [5.74, 6) is 0.915. The third-order valence-corrected chi connectivity index (χ3v) is 2.56. The van der Waals surface area contributed by atoms with Crippen molar-refractivity contribution in [2.24, 2.45) is 0 Å². The monoisotopic (exact) mass is 243 g/mol. The minimum Gasteiger partial charge on any atom is -0.393 e. The van der Waals surface area contributed by atoms with Gasteiger partial charge in [-0.25, -0.2) is 0 Å². The average molecular weight is 244 g/mol. The molecule has 0 spiro atoms. The van der Waals surface area contributed by atoms with Crippen LogP contribution < -0.4 is 10.6 Å². The molecule has 1 aromatic heterocycles. The number of nitrogens with zero attached hydrogens (tertiary/aromatic N) is 3. The second-order valence-corrected chi connectivity index (χ2v) is 4.09. The first-order valence-electron chi connectivity index (χ1n) is 5.27. The maximum atomic E-state index is 9.16. The normalized spacial score (nSPS) is 23.7. The minimum absolute atomic E-state index is 0.160. The van der Waals surface area contributed by atoms with Gasteiger partial charge in [-0.05, 0) is 31.4 Å². The number of nitrogens with one attached hydrogen (secondary N) is 2. The summed E-state index contributed by atoms with van der Waals surface area (Å²) in [6.07, 6.45) is 1.24. The zero-order chi connectivity index (χ0) is 11.5. The van der Waals surface area contributed by atoms with Crippen LogP contribution in [-0.4, -0.2) is 38.7 Å². The second-order valence-electron chi connectivity index (χ2n) is 3.75. The van der Waals surface area contributed by atoms with Crippen molar-refractivity contribution in [3.63, 3.8) is 0 Å². The first kappa shape index (κ1) is 11.3. The van der Waals surface area contributed by atoms with Gasteiger partial charge in [-0.1, -0.05) is 0 Å². The number of aliphatic hydroxyl groups is 1. The predicted octanol–water partition coefficient (Wildman–Crippen LogP) is 0.892. The van der Waals surface area contributed by atoms with E-state index >= 15 is 0 Å². The van der Waals surface area contributed by atoms with Crippen LogP contribution in [0, 0.1) is 0 Å². The van der Waals surface area contributed by atoms with Crippen LogP contribution in [-0.2, 0) is 0 Å². The van der Waals surface area contributed by atoms with Crippen molar-refractivity contribution >= 4 is 23.5 Å². The molecule has 1 aromatic rings. The van der Waals surface area contributed by atoms with Gasteiger partial charge >= 0.3 is 0 Å². The van der Waals surface area contributed by atoms with Gasteiger partial charge in [0.15, 0.2) is 0 Å². The molecule has 6 nitrogen and oxygen atoms in total. The highest BCUT2D eigenvalue weighted by Gasteiger charge is 2.27. The van der Waals surface area contributed by atoms with Crippen LogP contribution in [0.3, 0.4) is 0 Å². The number of anilines is 2. The number of rotatable bonds is 4. The lowest BCUT2D eigenvalue weighted by molar-refractivity contribution is 0.0834. The number of halogens is 1. The summed E-state index contributed by atoms with van der Waals surface area (Å²) in [6, 6.07) is 0.225. The standard InChI is InChI=1S/C9H14ClN5O/c1-2-11-8-13-7(10)14-9(15-8)12-5-3-6(16)4-5/h5-6,16H,2-4H2,1H3,(H2,11,12,13,14,15). The summed E-state index contributed by atoms with van der Waals surface area (Å²) in [5, 5.41) is 15.4. The van der Waals surface area contributed by atoms with Gasteiger partial charge in [-0.3, -0.25) is 0 Å². The van der Waals surface area contributed by atoms with Gasteiger partial charge < -0.3 is 15.7 Å². The van der Waals surface area contributed by atoms with Crippen LogP contribution in [0.4, 0.5) is 11.9 Å². The molecule has 1 aliphatic carbocycles. The van der Waals surface area contributed by atoms with Gasteiger partial charge in [-0.15, -0.1) is 0 Å². The molecular formula is C9H14ClN5O. The van der Waals surface area contributed by atoms with Gasteiger partial charge in [0.25, 0.3) is 0 Å². The third kappa shape index (κ3) is 2.70. The lowest BCUT2D eigenvalue weighted by atomic mass is 9.90. The lowest BCUT2D eigenvalue weighted by Gasteiger charge is -2.31. The van der Waals surface area contributed by atoms with Crippen molar-refractivity contribution in [1.82, 2.24) is 15.0 Å². The highest BCUT2D eigenvalue weighted by atomic mass is 35.5. The number of aromatic nitrogens is 3. The Morgan fingerprint density at radius 2 is 2.00 bits per heavy atom. The Balaban J connectivity index is 2.02. The van der Waals surface area contributed by atoms with Gasteiger partial charge in [0, 0.05) is 12.6 Å². The molecule has 0 saturated heterocycles. The van der Waals surface area contributed by atoms with E-state index in [1.165, 1.54) is 0 Å². The highest BCUT2D eigenvalue weighted by molar-refractivity contribution is 6.28. The molecular weight excluding hydrogens is 230 g/mol. The van der Waals surface area contributed by atoms with Crippen molar-refractivity contribution in [3.05, 3.63) is 5.28 Å². The Morgan fingerprint density at radius 1 is 1.31 bits per heavy atom. The molecule has 1 fully saturated rings. The Labute approximate surface area is 98.5 Å². The van der Waals surface area contributed by atoms with E-state index in [2.05, 4.69) is 25.6 Å². The maximum Gasteiger partial charge on any atom is 0.229 e. The smallest absolute Gasteiger partial charge is 0.229 e. The number of hydrogen-bond donors (Lipinski definition) is 3. The second kappa shape index (κ2) is 4.80. The predicted molar refractivity (Wildman–Crippen MR) is 61.7 cm³/mol. The molecule has 7 heteroatoms. The zero-order valence-electron chi connectivity index (χ0n) is 8.94. The van der Waals surface area contributed by atoms with E-state index in [0.29, 0.717) is 11.9 Å². The van der Waals surface area contributed by atoms with Crippen molar-refractivity contribution in [2.75, 3.05) is 17.2 Å². The first-order chi connectivity index (χ1) is 7.67. The molecule has 1 heterocycles. The van der Waals surface area contributed by atoms with Crippen LogP contribution in [0.1, 0.15) is 19.8 Å². The molecule has 2 rings (SSSR count). The summed E-state index contributed by atoms with van der Waals surface area (Å²) >= 11 is 5.77. The zero-order valence-corrected chi connectivity index (χ0v) is 9.70. The van der Waals surface area contributed by atoms with Crippen molar-refractivity contribution in [3.8, 4) is 0 Å². The van der Waals surface area contributed by atoms with E-state index in [4.69, 9.17) is 16.7 Å². The topological polar surface area (TPSA) is 83.0 Å². The average Bonchev–Trinajstić information content (AvgIpc) is 2.15. The van der Waals surface area contributed by atoms with E-state index in [1.807, 2.05) is 6.92 Å². The molecule has 0 aromatic carbocycles. The summed E-state index contributed by atoms with van der Waals surface area (Å²) in [6.45, 7) is 2.68. The van der Waals surface area contributed by atoms with Crippen LogP contribution in [0.2, 0.25) is 5.28 Å².